The highest BCUT2D eigenvalue weighted by Crippen LogP contribution is 2.21. The Hall–Kier alpha value is -1.61. The lowest BCUT2D eigenvalue weighted by Gasteiger charge is -2.25. The molecule has 0 aliphatic carbocycles. The standard InChI is InChI=1S/C18H27N3O2/c1-15(2)23-14-17(22)13-20-8-5-9-21(11-10-20)18-7-4-3-6-16(18)12-19/h3-4,6-7,15,17,22H,5,8-11,13-14H2,1-2H3. The zero-order valence-corrected chi connectivity index (χ0v) is 14.1. The summed E-state index contributed by atoms with van der Waals surface area (Å²) in [6, 6.07) is 10.0. The minimum atomic E-state index is -0.449. The van der Waals surface area contributed by atoms with Crippen LogP contribution in [0, 0.1) is 11.3 Å². The second-order valence-corrected chi connectivity index (χ2v) is 6.31. The molecular weight excluding hydrogens is 290 g/mol. The predicted molar refractivity (Wildman–Crippen MR) is 91.5 cm³/mol. The Morgan fingerprint density at radius 1 is 1.22 bits per heavy atom. The predicted octanol–water partition coefficient (Wildman–Crippen LogP) is 1.86. The molecule has 1 heterocycles. The van der Waals surface area contributed by atoms with Gasteiger partial charge in [-0.05, 0) is 38.9 Å². The summed E-state index contributed by atoms with van der Waals surface area (Å²) >= 11 is 0. The van der Waals surface area contributed by atoms with Crippen LogP contribution in [0.25, 0.3) is 0 Å². The van der Waals surface area contributed by atoms with Gasteiger partial charge in [-0.25, -0.2) is 0 Å². The van der Waals surface area contributed by atoms with Crippen molar-refractivity contribution in [3.63, 3.8) is 0 Å². The molecule has 0 spiro atoms. The molecule has 1 aliphatic rings. The summed E-state index contributed by atoms with van der Waals surface area (Å²) in [7, 11) is 0. The van der Waals surface area contributed by atoms with Crippen LogP contribution in [-0.2, 0) is 4.74 Å². The van der Waals surface area contributed by atoms with E-state index in [1.807, 2.05) is 38.1 Å². The van der Waals surface area contributed by atoms with Crippen molar-refractivity contribution in [2.24, 2.45) is 0 Å². The van der Waals surface area contributed by atoms with Crippen molar-refractivity contribution in [1.82, 2.24) is 4.90 Å². The number of β-amino-alcohol motifs (C(OH)–C–C–N with tert-alkyl or cyclic N) is 1. The lowest BCUT2D eigenvalue weighted by atomic mass is 10.1. The zero-order valence-electron chi connectivity index (χ0n) is 14.1. The van der Waals surface area contributed by atoms with Gasteiger partial charge in [0.1, 0.15) is 6.07 Å². The summed E-state index contributed by atoms with van der Waals surface area (Å²) < 4.78 is 5.47. The molecule has 1 unspecified atom stereocenters. The van der Waals surface area contributed by atoms with Gasteiger partial charge in [0.15, 0.2) is 0 Å². The number of benzene rings is 1. The van der Waals surface area contributed by atoms with E-state index in [0.29, 0.717) is 13.2 Å². The van der Waals surface area contributed by atoms with Gasteiger partial charge in [0.2, 0.25) is 0 Å². The summed E-state index contributed by atoms with van der Waals surface area (Å²) in [5.74, 6) is 0. The molecule has 5 nitrogen and oxygen atoms in total. The fraction of sp³-hybridized carbons (Fsp3) is 0.611. The molecule has 0 aromatic heterocycles. The van der Waals surface area contributed by atoms with E-state index in [0.717, 1.165) is 43.9 Å². The van der Waals surface area contributed by atoms with Crippen molar-refractivity contribution in [2.75, 3.05) is 44.2 Å². The van der Waals surface area contributed by atoms with E-state index >= 15 is 0 Å². The molecule has 1 aromatic rings. The van der Waals surface area contributed by atoms with Crippen LogP contribution in [0.15, 0.2) is 24.3 Å². The number of hydrogen-bond acceptors (Lipinski definition) is 5. The first-order valence-electron chi connectivity index (χ1n) is 8.36. The van der Waals surface area contributed by atoms with Gasteiger partial charge in [-0.15, -0.1) is 0 Å². The summed E-state index contributed by atoms with van der Waals surface area (Å²) in [4.78, 5) is 4.55. The third-order valence-electron chi connectivity index (χ3n) is 4.04. The van der Waals surface area contributed by atoms with Crippen molar-refractivity contribution in [3.05, 3.63) is 29.8 Å². The Bertz CT molecular complexity index is 527. The monoisotopic (exact) mass is 317 g/mol. The third-order valence-corrected chi connectivity index (χ3v) is 4.04. The number of nitrogens with zero attached hydrogens (tertiary/aromatic N) is 3. The van der Waals surface area contributed by atoms with Crippen molar-refractivity contribution >= 4 is 5.69 Å². The maximum Gasteiger partial charge on any atom is 0.101 e. The van der Waals surface area contributed by atoms with Crippen LogP contribution in [0.2, 0.25) is 0 Å². The van der Waals surface area contributed by atoms with E-state index < -0.39 is 6.10 Å². The smallest absolute Gasteiger partial charge is 0.101 e. The third kappa shape index (κ3) is 5.51. The highest BCUT2D eigenvalue weighted by atomic mass is 16.5. The van der Waals surface area contributed by atoms with Gasteiger partial charge in [-0.3, -0.25) is 4.90 Å². The fourth-order valence-corrected chi connectivity index (χ4v) is 2.89. The quantitative estimate of drug-likeness (QED) is 0.868. The molecule has 1 atom stereocenters. The number of ether oxygens (including phenoxy) is 1. The topological polar surface area (TPSA) is 59.7 Å². The van der Waals surface area contributed by atoms with Gasteiger partial charge in [0, 0.05) is 26.2 Å². The molecule has 1 N–H and O–H groups in total. The van der Waals surface area contributed by atoms with Crippen LogP contribution >= 0.6 is 0 Å². The van der Waals surface area contributed by atoms with Crippen LogP contribution in [-0.4, -0.2) is 61.5 Å². The van der Waals surface area contributed by atoms with E-state index in [1.54, 1.807) is 0 Å². The zero-order chi connectivity index (χ0) is 16.7. The summed E-state index contributed by atoms with van der Waals surface area (Å²) in [6.45, 7) is 8.63. The van der Waals surface area contributed by atoms with Crippen molar-refractivity contribution < 1.29 is 9.84 Å². The molecule has 0 bridgehead atoms. The van der Waals surface area contributed by atoms with Crippen molar-refractivity contribution in [3.8, 4) is 6.07 Å². The molecular formula is C18H27N3O2. The second-order valence-electron chi connectivity index (χ2n) is 6.31. The molecule has 1 aromatic carbocycles. The maximum atomic E-state index is 10.1. The van der Waals surface area contributed by atoms with Crippen LogP contribution in [0.3, 0.4) is 0 Å². The Balaban J connectivity index is 1.88. The molecule has 5 heteroatoms. The van der Waals surface area contributed by atoms with Gasteiger partial charge in [-0.1, -0.05) is 12.1 Å². The maximum absolute atomic E-state index is 10.1. The lowest BCUT2D eigenvalue weighted by Crippen LogP contribution is -2.38. The van der Waals surface area contributed by atoms with E-state index in [2.05, 4.69) is 15.9 Å². The van der Waals surface area contributed by atoms with Crippen LogP contribution < -0.4 is 4.90 Å². The number of aliphatic hydroxyl groups excluding tert-OH is 1. The minimum absolute atomic E-state index is 0.145. The molecule has 0 radical (unpaired) electrons. The number of aliphatic hydroxyl groups is 1. The molecule has 126 valence electrons. The Morgan fingerprint density at radius 2 is 2.00 bits per heavy atom. The minimum Gasteiger partial charge on any atom is -0.389 e. The highest BCUT2D eigenvalue weighted by Gasteiger charge is 2.19. The van der Waals surface area contributed by atoms with Crippen molar-refractivity contribution in [2.45, 2.75) is 32.5 Å². The Labute approximate surface area is 139 Å². The average Bonchev–Trinajstić information content (AvgIpc) is 2.78. The summed E-state index contributed by atoms with van der Waals surface area (Å²) in [6.07, 6.45) is 0.722. The second kappa shape index (κ2) is 8.88. The molecule has 0 saturated carbocycles. The Kier molecular flexibility index (Phi) is 6.85. The summed E-state index contributed by atoms with van der Waals surface area (Å²) in [5, 5.41) is 19.3. The SMILES string of the molecule is CC(C)OCC(O)CN1CCCN(c2ccccc2C#N)CC1. The first-order chi connectivity index (χ1) is 11.1. The lowest BCUT2D eigenvalue weighted by molar-refractivity contribution is -0.00766. The van der Waals surface area contributed by atoms with E-state index in [1.165, 1.54) is 0 Å². The van der Waals surface area contributed by atoms with Gasteiger partial charge in [0.05, 0.1) is 30.1 Å². The van der Waals surface area contributed by atoms with Crippen LogP contribution in [0.1, 0.15) is 25.8 Å². The molecule has 1 fully saturated rings. The number of rotatable bonds is 6. The molecule has 2 rings (SSSR count). The largest absolute Gasteiger partial charge is 0.389 e. The van der Waals surface area contributed by atoms with E-state index in [-0.39, 0.29) is 6.10 Å². The highest BCUT2D eigenvalue weighted by molar-refractivity contribution is 5.59. The summed E-state index contributed by atoms with van der Waals surface area (Å²) in [5.41, 5.74) is 1.74. The van der Waals surface area contributed by atoms with Gasteiger partial charge in [-0.2, -0.15) is 5.26 Å². The first kappa shape index (κ1) is 17.7. The number of hydrogen-bond donors (Lipinski definition) is 1. The molecule has 1 saturated heterocycles. The number of nitriles is 1. The van der Waals surface area contributed by atoms with Gasteiger partial charge < -0.3 is 14.7 Å². The van der Waals surface area contributed by atoms with Crippen molar-refractivity contribution in [1.29, 1.82) is 5.26 Å². The Morgan fingerprint density at radius 3 is 2.74 bits per heavy atom. The fourth-order valence-electron chi connectivity index (χ4n) is 2.89. The molecule has 0 amide bonds. The molecule has 1 aliphatic heterocycles. The van der Waals surface area contributed by atoms with E-state index in [9.17, 15) is 10.4 Å². The molecule has 23 heavy (non-hydrogen) atoms. The van der Waals surface area contributed by atoms with Gasteiger partial charge in [0.25, 0.3) is 0 Å². The normalized spacial score (nSPS) is 17.8. The number of para-hydroxylation sites is 1. The number of anilines is 1. The van der Waals surface area contributed by atoms with Gasteiger partial charge >= 0.3 is 0 Å². The average molecular weight is 317 g/mol. The van der Waals surface area contributed by atoms with E-state index in [4.69, 9.17) is 4.74 Å². The van der Waals surface area contributed by atoms with Crippen LogP contribution in [0.5, 0.6) is 0 Å². The first-order valence-corrected chi connectivity index (χ1v) is 8.36. The van der Waals surface area contributed by atoms with Crippen LogP contribution in [0.4, 0.5) is 5.69 Å².